The average Bonchev–Trinajstić information content (AvgIpc) is 3.21. The number of benzene rings is 1. The van der Waals surface area contributed by atoms with E-state index < -0.39 is 6.09 Å². The molecule has 0 spiro atoms. The van der Waals surface area contributed by atoms with Crippen molar-refractivity contribution >= 4 is 17.5 Å². The Morgan fingerprint density at radius 1 is 1.19 bits per heavy atom. The van der Waals surface area contributed by atoms with E-state index in [1.807, 2.05) is 30.3 Å². The molecule has 1 aromatic carbocycles. The Morgan fingerprint density at radius 2 is 2.00 bits per heavy atom. The lowest BCUT2D eigenvalue weighted by atomic mass is 10.1. The Balaban J connectivity index is 1.83. The van der Waals surface area contributed by atoms with Gasteiger partial charge in [0.25, 0.3) is 0 Å². The fraction of sp³-hybridized carbons (Fsp3) is 0.333. The number of unbranched alkanes of at least 4 members (excludes halogenated alkanes) is 2. The first kappa shape index (κ1) is 21.9. The lowest BCUT2D eigenvalue weighted by molar-refractivity contribution is 0.128. The second-order valence-corrected chi connectivity index (χ2v) is 6.82. The van der Waals surface area contributed by atoms with Gasteiger partial charge in [-0.15, -0.1) is 5.10 Å². The minimum absolute atomic E-state index is 0.00462. The number of carboxylic acid groups (broad SMARTS) is 1. The van der Waals surface area contributed by atoms with Crippen molar-refractivity contribution in [3.05, 3.63) is 65.7 Å². The zero-order chi connectivity index (χ0) is 22.1. The number of tetrazole rings is 1. The molecule has 10 heteroatoms. The van der Waals surface area contributed by atoms with Crippen molar-refractivity contribution < 1.29 is 14.7 Å². The van der Waals surface area contributed by atoms with Crippen molar-refractivity contribution in [3.63, 3.8) is 0 Å². The molecule has 0 atom stereocenters. The van der Waals surface area contributed by atoms with Crippen molar-refractivity contribution in [1.82, 2.24) is 25.2 Å². The van der Waals surface area contributed by atoms with E-state index in [9.17, 15) is 9.90 Å². The molecule has 10 nitrogen and oxygen atoms in total. The highest BCUT2D eigenvalue weighted by molar-refractivity contribution is 6.10. The molecule has 1 amide bonds. The fourth-order valence-corrected chi connectivity index (χ4v) is 3.03. The Labute approximate surface area is 180 Å². The number of oxime groups is 1. The molecule has 0 saturated carbocycles. The van der Waals surface area contributed by atoms with Gasteiger partial charge in [0.15, 0.2) is 12.3 Å². The number of amides is 1. The van der Waals surface area contributed by atoms with Crippen molar-refractivity contribution in [3.8, 4) is 0 Å². The van der Waals surface area contributed by atoms with E-state index in [1.54, 1.807) is 25.4 Å². The maximum Gasteiger partial charge on any atom is 0.411 e. The molecule has 1 N–H and O–H groups in total. The van der Waals surface area contributed by atoms with Crippen molar-refractivity contribution in [1.29, 1.82) is 0 Å². The summed E-state index contributed by atoms with van der Waals surface area (Å²) < 4.78 is 1.50. The molecule has 0 unspecified atom stereocenters. The van der Waals surface area contributed by atoms with Gasteiger partial charge in [0.1, 0.15) is 5.69 Å². The standard InChI is InChI=1S/C21H25N7O3/c1-3-4-8-14-28(21(29)30)18-12-9-13-22-17(18)15-31-24-19(16-10-6-5-7-11-16)20-23-25-26-27(20)2/h5-7,9-13H,3-4,8,14-15H2,1-2H3,(H,29,30). The van der Waals surface area contributed by atoms with Crippen molar-refractivity contribution in [2.75, 3.05) is 11.4 Å². The first-order chi connectivity index (χ1) is 15.1. The number of anilines is 1. The molecule has 2 heterocycles. The molecule has 0 radical (unpaired) electrons. The summed E-state index contributed by atoms with van der Waals surface area (Å²) >= 11 is 0. The third-order valence-corrected chi connectivity index (χ3v) is 4.61. The summed E-state index contributed by atoms with van der Waals surface area (Å²) in [7, 11) is 1.71. The lowest BCUT2D eigenvalue weighted by Crippen LogP contribution is -2.31. The highest BCUT2D eigenvalue weighted by atomic mass is 16.6. The maximum atomic E-state index is 11.8. The van der Waals surface area contributed by atoms with E-state index in [2.05, 4.69) is 32.6 Å². The van der Waals surface area contributed by atoms with E-state index in [1.165, 1.54) is 9.58 Å². The number of nitrogens with zero attached hydrogens (tertiary/aromatic N) is 7. The van der Waals surface area contributed by atoms with Crippen LogP contribution in [0.2, 0.25) is 0 Å². The summed E-state index contributed by atoms with van der Waals surface area (Å²) in [6.45, 7) is 2.46. The van der Waals surface area contributed by atoms with E-state index in [4.69, 9.17) is 4.84 Å². The Morgan fingerprint density at radius 3 is 2.68 bits per heavy atom. The smallest absolute Gasteiger partial charge is 0.411 e. The molecule has 31 heavy (non-hydrogen) atoms. The van der Waals surface area contributed by atoms with E-state index in [0.29, 0.717) is 29.5 Å². The van der Waals surface area contributed by atoms with Crippen LogP contribution in [0.1, 0.15) is 43.3 Å². The van der Waals surface area contributed by atoms with E-state index >= 15 is 0 Å². The molecule has 3 aromatic rings. The summed E-state index contributed by atoms with van der Waals surface area (Å²) in [5, 5.41) is 25.5. The normalized spacial score (nSPS) is 11.4. The summed E-state index contributed by atoms with van der Waals surface area (Å²) in [6.07, 6.45) is 3.30. The molecule has 0 saturated heterocycles. The molecule has 0 aliphatic rings. The Bertz CT molecular complexity index is 1020. The van der Waals surface area contributed by atoms with Gasteiger partial charge in [0.2, 0.25) is 5.82 Å². The van der Waals surface area contributed by atoms with Crippen LogP contribution in [0.25, 0.3) is 0 Å². The van der Waals surface area contributed by atoms with Gasteiger partial charge in [-0.05, 0) is 29.0 Å². The van der Waals surface area contributed by atoms with Crippen LogP contribution in [0.3, 0.4) is 0 Å². The number of aryl methyl sites for hydroxylation is 1. The van der Waals surface area contributed by atoms with E-state index in [0.717, 1.165) is 24.8 Å². The molecule has 162 valence electrons. The number of pyridine rings is 1. The zero-order valence-corrected chi connectivity index (χ0v) is 17.5. The second kappa shape index (κ2) is 10.8. The van der Waals surface area contributed by atoms with Crippen LogP contribution in [-0.2, 0) is 18.5 Å². The molecule has 0 aliphatic carbocycles. The molecule has 0 fully saturated rings. The Kier molecular flexibility index (Phi) is 7.63. The molecule has 0 bridgehead atoms. The number of carbonyl (C=O) groups is 1. The largest absolute Gasteiger partial charge is 0.465 e. The van der Waals surface area contributed by atoms with Crippen LogP contribution < -0.4 is 4.90 Å². The summed E-state index contributed by atoms with van der Waals surface area (Å²) in [4.78, 5) is 23.0. The zero-order valence-electron chi connectivity index (χ0n) is 17.5. The molecular formula is C21H25N7O3. The van der Waals surface area contributed by atoms with Crippen LogP contribution in [0.5, 0.6) is 0 Å². The minimum atomic E-state index is -1.02. The van der Waals surface area contributed by atoms with E-state index in [-0.39, 0.29) is 6.61 Å². The third-order valence-electron chi connectivity index (χ3n) is 4.61. The number of hydrogen-bond donors (Lipinski definition) is 1. The molecule has 0 aliphatic heterocycles. The van der Waals surface area contributed by atoms with Crippen molar-refractivity contribution in [2.45, 2.75) is 32.8 Å². The average molecular weight is 423 g/mol. The molecule has 3 rings (SSSR count). The lowest BCUT2D eigenvalue weighted by Gasteiger charge is -2.21. The van der Waals surface area contributed by atoms with Gasteiger partial charge in [-0.2, -0.15) is 0 Å². The van der Waals surface area contributed by atoms with Crippen LogP contribution >= 0.6 is 0 Å². The summed E-state index contributed by atoms with van der Waals surface area (Å²) in [6, 6.07) is 12.8. The maximum absolute atomic E-state index is 11.8. The van der Waals surface area contributed by atoms with Crippen LogP contribution in [-0.4, -0.2) is 48.6 Å². The van der Waals surface area contributed by atoms with Gasteiger partial charge in [-0.1, -0.05) is 55.3 Å². The van der Waals surface area contributed by atoms with Gasteiger partial charge < -0.3 is 9.94 Å². The predicted octanol–water partition coefficient (Wildman–Crippen LogP) is 3.25. The topological polar surface area (TPSA) is 119 Å². The van der Waals surface area contributed by atoms with Crippen LogP contribution in [0, 0.1) is 0 Å². The van der Waals surface area contributed by atoms with Gasteiger partial charge in [0.05, 0.1) is 5.69 Å². The first-order valence-electron chi connectivity index (χ1n) is 10.0. The van der Waals surface area contributed by atoms with Crippen LogP contribution in [0.15, 0.2) is 53.8 Å². The predicted molar refractivity (Wildman–Crippen MR) is 115 cm³/mol. The summed E-state index contributed by atoms with van der Waals surface area (Å²) in [5.41, 5.74) is 2.22. The fourth-order valence-electron chi connectivity index (χ4n) is 3.03. The third kappa shape index (κ3) is 5.62. The van der Waals surface area contributed by atoms with Gasteiger partial charge in [-0.3, -0.25) is 9.88 Å². The number of aromatic nitrogens is 5. The Hall–Kier alpha value is -3.82. The summed E-state index contributed by atoms with van der Waals surface area (Å²) in [5.74, 6) is 0.444. The van der Waals surface area contributed by atoms with Crippen molar-refractivity contribution in [2.24, 2.45) is 12.2 Å². The van der Waals surface area contributed by atoms with Gasteiger partial charge in [-0.25, -0.2) is 9.48 Å². The highest BCUT2D eigenvalue weighted by Gasteiger charge is 2.19. The van der Waals surface area contributed by atoms with Gasteiger partial charge in [0, 0.05) is 25.4 Å². The highest BCUT2D eigenvalue weighted by Crippen LogP contribution is 2.21. The number of hydrogen-bond acceptors (Lipinski definition) is 7. The first-order valence-corrected chi connectivity index (χ1v) is 10.0. The quantitative estimate of drug-likeness (QED) is 0.302. The van der Waals surface area contributed by atoms with Crippen LogP contribution in [0.4, 0.5) is 10.5 Å². The number of rotatable bonds is 10. The minimum Gasteiger partial charge on any atom is -0.465 e. The van der Waals surface area contributed by atoms with Gasteiger partial charge >= 0.3 is 6.09 Å². The second-order valence-electron chi connectivity index (χ2n) is 6.82. The molecule has 2 aromatic heterocycles. The SMILES string of the molecule is CCCCCN(C(=O)O)c1cccnc1CON=C(c1ccccc1)c1nnnn1C. The monoisotopic (exact) mass is 423 g/mol. The molecular weight excluding hydrogens is 398 g/mol.